The summed E-state index contributed by atoms with van der Waals surface area (Å²) in [6.45, 7) is 0. The maximum Gasteiger partial charge on any atom is 0.238 e. The van der Waals surface area contributed by atoms with Gasteiger partial charge in [-0.3, -0.25) is 4.57 Å². The molecule has 0 fully saturated rings. The highest BCUT2D eigenvalue weighted by atomic mass is 16.3. The zero-order valence-electron chi connectivity index (χ0n) is 30.0. The zero-order chi connectivity index (χ0) is 36.7. The van der Waals surface area contributed by atoms with E-state index in [0.717, 1.165) is 60.4 Å². The monoisotopic (exact) mass is 714 g/mol. The topological polar surface area (TPSA) is 56.7 Å². The number of nitrogens with zero attached hydrogens (tertiary/aromatic N) is 4. The van der Waals surface area contributed by atoms with Crippen LogP contribution >= 0.6 is 0 Å². The molecule has 0 saturated heterocycles. The minimum Gasteiger partial charge on any atom is -0.456 e. The number of rotatable bonds is 4. The predicted octanol–water partition coefficient (Wildman–Crippen LogP) is 13.3. The van der Waals surface area contributed by atoms with E-state index >= 15 is 0 Å². The predicted molar refractivity (Wildman–Crippen MR) is 230 cm³/mol. The molecule has 0 N–H and O–H groups in total. The van der Waals surface area contributed by atoms with Gasteiger partial charge in [-0.25, -0.2) is 4.98 Å². The third kappa shape index (κ3) is 4.71. The van der Waals surface area contributed by atoms with E-state index in [1.807, 2.05) is 6.07 Å². The van der Waals surface area contributed by atoms with Gasteiger partial charge in [0, 0.05) is 32.7 Å². The van der Waals surface area contributed by atoms with Crippen LogP contribution in [0.4, 0.5) is 0 Å². The van der Waals surface area contributed by atoms with Crippen molar-refractivity contribution in [1.82, 2.24) is 19.5 Å². The average Bonchev–Trinajstić information content (AvgIpc) is 3.80. The summed E-state index contributed by atoms with van der Waals surface area (Å²) in [5.41, 5.74) is 7.89. The maximum atomic E-state index is 6.38. The molecule has 56 heavy (non-hydrogen) atoms. The van der Waals surface area contributed by atoms with Crippen molar-refractivity contribution in [3.63, 3.8) is 0 Å². The molecule has 0 amide bonds. The van der Waals surface area contributed by atoms with Gasteiger partial charge in [-0.15, -0.1) is 0 Å². The van der Waals surface area contributed by atoms with Crippen LogP contribution in [-0.4, -0.2) is 19.5 Å². The molecule has 0 bridgehead atoms. The summed E-state index contributed by atoms with van der Waals surface area (Å²) in [5, 5.41) is 11.6. The van der Waals surface area contributed by atoms with Crippen molar-refractivity contribution in [2.45, 2.75) is 0 Å². The van der Waals surface area contributed by atoms with E-state index in [9.17, 15) is 0 Å². The molecule has 0 spiro atoms. The molecule has 0 aliphatic carbocycles. The van der Waals surface area contributed by atoms with Gasteiger partial charge in [-0.05, 0) is 85.9 Å². The van der Waals surface area contributed by atoms with E-state index < -0.39 is 0 Å². The number of hydrogen-bond donors (Lipinski definition) is 0. The summed E-state index contributed by atoms with van der Waals surface area (Å²) >= 11 is 0. The van der Waals surface area contributed by atoms with Gasteiger partial charge in [0.25, 0.3) is 0 Å². The molecular weight excluding hydrogens is 685 g/mol. The number of aromatic nitrogens is 4. The number of para-hydroxylation sites is 1. The molecule has 12 rings (SSSR count). The molecule has 3 aromatic heterocycles. The highest BCUT2D eigenvalue weighted by Crippen LogP contribution is 2.38. The van der Waals surface area contributed by atoms with E-state index in [1.54, 1.807) is 0 Å². The van der Waals surface area contributed by atoms with Gasteiger partial charge in [0.15, 0.2) is 11.6 Å². The first-order valence-electron chi connectivity index (χ1n) is 18.8. The average molecular weight is 715 g/mol. The highest BCUT2D eigenvalue weighted by molar-refractivity contribution is 6.21. The van der Waals surface area contributed by atoms with Gasteiger partial charge >= 0.3 is 0 Å². The molecule has 0 atom stereocenters. The number of benzene rings is 9. The Hall–Kier alpha value is -7.63. The molecule has 12 aromatic rings. The second-order valence-electron chi connectivity index (χ2n) is 14.4. The van der Waals surface area contributed by atoms with Crippen molar-refractivity contribution in [1.29, 1.82) is 0 Å². The van der Waals surface area contributed by atoms with Gasteiger partial charge in [0.2, 0.25) is 5.95 Å². The van der Waals surface area contributed by atoms with Crippen LogP contribution < -0.4 is 0 Å². The Morgan fingerprint density at radius 3 is 1.79 bits per heavy atom. The summed E-state index contributed by atoms with van der Waals surface area (Å²) in [4.78, 5) is 15.7. The SMILES string of the molecule is c1ccc2cc3c(cc2c1)oc1ccc(-c2nc(-c4ccc(-c5cccc6ccccc56)cc4)nc(-n4c5ccccc5c5c6ccccc6ccc54)n2)cc13. The van der Waals surface area contributed by atoms with Crippen molar-refractivity contribution in [2.75, 3.05) is 0 Å². The van der Waals surface area contributed by atoms with Crippen molar-refractivity contribution >= 4 is 76.1 Å². The molecule has 5 heteroatoms. The Kier molecular flexibility index (Phi) is 6.56. The largest absolute Gasteiger partial charge is 0.456 e. The molecule has 260 valence electrons. The second kappa shape index (κ2) is 11.9. The van der Waals surface area contributed by atoms with E-state index in [0.29, 0.717) is 17.6 Å². The summed E-state index contributed by atoms with van der Waals surface area (Å²) in [5.74, 6) is 1.75. The minimum atomic E-state index is 0.563. The standard InChI is InChI=1S/C51H30N4O/c1-2-13-36-30-47-43(28-35(36)12-1)42-29-37(25-27-46(42)56-47)50-52-49(34-22-20-33(21-23-34)39-18-9-14-31-10-3-5-15-38(31)39)53-51(54-50)55-44-19-8-7-17-41(44)48-40-16-6-4-11-32(40)24-26-45(48)55/h1-30H. The van der Waals surface area contributed by atoms with E-state index in [-0.39, 0.29) is 0 Å². The summed E-state index contributed by atoms with van der Waals surface area (Å²) < 4.78 is 8.56. The summed E-state index contributed by atoms with van der Waals surface area (Å²) in [7, 11) is 0. The molecular formula is C51H30N4O. The fourth-order valence-corrected chi connectivity index (χ4v) is 8.56. The first-order chi connectivity index (χ1) is 27.7. The molecule has 0 saturated carbocycles. The number of hydrogen-bond acceptors (Lipinski definition) is 4. The lowest BCUT2D eigenvalue weighted by Gasteiger charge is -2.12. The van der Waals surface area contributed by atoms with Crippen molar-refractivity contribution in [2.24, 2.45) is 0 Å². The molecule has 0 radical (unpaired) electrons. The van der Waals surface area contributed by atoms with Gasteiger partial charge in [-0.1, -0.05) is 140 Å². The van der Waals surface area contributed by atoms with Crippen molar-refractivity contribution in [3.05, 3.63) is 182 Å². The van der Waals surface area contributed by atoms with Gasteiger partial charge in [0.05, 0.1) is 11.0 Å². The maximum absolute atomic E-state index is 6.38. The van der Waals surface area contributed by atoms with Crippen LogP contribution in [0.25, 0.3) is 116 Å². The third-order valence-corrected chi connectivity index (χ3v) is 11.2. The zero-order valence-corrected chi connectivity index (χ0v) is 30.0. The van der Waals surface area contributed by atoms with Crippen LogP contribution in [0.2, 0.25) is 0 Å². The fourth-order valence-electron chi connectivity index (χ4n) is 8.56. The normalized spacial score (nSPS) is 11.9. The van der Waals surface area contributed by atoms with Gasteiger partial charge in [-0.2, -0.15) is 9.97 Å². The lowest BCUT2D eigenvalue weighted by atomic mass is 9.97. The van der Waals surface area contributed by atoms with E-state index in [4.69, 9.17) is 19.4 Å². The van der Waals surface area contributed by atoms with Crippen molar-refractivity contribution in [3.8, 4) is 39.9 Å². The Labute approximate surface area is 320 Å². The summed E-state index contributed by atoms with van der Waals surface area (Å²) in [6.07, 6.45) is 0. The quantitative estimate of drug-likeness (QED) is 0.182. The van der Waals surface area contributed by atoms with E-state index in [2.05, 4.69) is 180 Å². The smallest absolute Gasteiger partial charge is 0.238 e. The molecule has 0 aliphatic heterocycles. The Bertz CT molecular complexity index is 3540. The fraction of sp³-hybridized carbons (Fsp3) is 0. The van der Waals surface area contributed by atoms with Gasteiger partial charge < -0.3 is 4.42 Å². The van der Waals surface area contributed by atoms with Crippen molar-refractivity contribution < 1.29 is 4.42 Å². The first-order valence-corrected chi connectivity index (χ1v) is 18.8. The molecule has 3 heterocycles. The Balaban J connectivity index is 1.09. The Morgan fingerprint density at radius 2 is 0.964 bits per heavy atom. The first kappa shape index (κ1) is 30.8. The van der Waals surface area contributed by atoms with Crippen LogP contribution in [0.15, 0.2) is 186 Å². The Morgan fingerprint density at radius 1 is 0.357 bits per heavy atom. The van der Waals surface area contributed by atoms with Crippen LogP contribution in [0.3, 0.4) is 0 Å². The van der Waals surface area contributed by atoms with Crippen LogP contribution in [0.1, 0.15) is 0 Å². The van der Waals surface area contributed by atoms with Crippen LogP contribution in [0.5, 0.6) is 0 Å². The number of furan rings is 1. The molecule has 0 aliphatic rings. The highest BCUT2D eigenvalue weighted by Gasteiger charge is 2.20. The molecule has 0 unspecified atom stereocenters. The van der Waals surface area contributed by atoms with Crippen LogP contribution in [-0.2, 0) is 0 Å². The molecule has 9 aromatic carbocycles. The lowest BCUT2D eigenvalue weighted by Crippen LogP contribution is -2.06. The minimum absolute atomic E-state index is 0.563. The number of fused-ring (bicyclic) bond motifs is 10. The summed E-state index contributed by atoms with van der Waals surface area (Å²) in [6, 6.07) is 64.0. The lowest BCUT2D eigenvalue weighted by molar-refractivity contribution is 0.669. The second-order valence-corrected chi connectivity index (χ2v) is 14.4. The van der Waals surface area contributed by atoms with Gasteiger partial charge in [0.1, 0.15) is 11.2 Å². The molecule has 5 nitrogen and oxygen atoms in total. The third-order valence-electron chi connectivity index (χ3n) is 11.2. The van der Waals surface area contributed by atoms with E-state index in [1.165, 1.54) is 37.9 Å². The van der Waals surface area contributed by atoms with Crippen LogP contribution in [0, 0.1) is 0 Å².